The van der Waals surface area contributed by atoms with Crippen molar-refractivity contribution in [1.29, 1.82) is 0 Å². The molecule has 0 aliphatic heterocycles. The third-order valence-corrected chi connectivity index (χ3v) is 7.21. The molecular weight excluding hydrogens is 444 g/mol. The molecule has 4 aromatic rings. The van der Waals surface area contributed by atoms with E-state index in [2.05, 4.69) is 46.7 Å². The van der Waals surface area contributed by atoms with Gasteiger partial charge >= 0.3 is 0 Å². The van der Waals surface area contributed by atoms with Crippen molar-refractivity contribution in [3.05, 3.63) is 60.2 Å². The number of aromatic nitrogens is 4. The average Bonchev–Trinajstić information content (AvgIpc) is 3.23. The van der Waals surface area contributed by atoms with Gasteiger partial charge in [-0.05, 0) is 31.9 Å². The van der Waals surface area contributed by atoms with Gasteiger partial charge in [-0.3, -0.25) is 4.79 Å². The number of nitrogens with one attached hydrogen (secondary N) is 1. The van der Waals surface area contributed by atoms with E-state index in [1.54, 1.807) is 0 Å². The number of amides is 1. The van der Waals surface area contributed by atoms with Gasteiger partial charge < -0.3 is 11.2 Å². The molecule has 1 aliphatic carbocycles. The summed E-state index contributed by atoms with van der Waals surface area (Å²) in [6.45, 7) is 2.06. The topological polar surface area (TPSA) is 98.7 Å². The van der Waals surface area contributed by atoms with Crippen LogP contribution >= 0.6 is 11.8 Å². The summed E-state index contributed by atoms with van der Waals surface area (Å²) in [5, 5.41) is 13.3. The lowest BCUT2D eigenvalue weighted by Crippen LogP contribution is -2.37. The number of benzene rings is 2. The van der Waals surface area contributed by atoms with E-state index in [1.165, 1.54) is 41.3 Å². The second-order valence-electron chi connectivity index (χ2n) is 8.81. The van der Waals surface area contributed by atoms with Crippen molar-refractivity contribution in [2.45, 2.75) is 50.2 Å². The van der Waals surface area contributed by atoms with Crippen LogP contribution in [-0.2, 0) is 4.79 Å². The lowest BCUT2D eigenvalue weighted by molar-refractivity contribution is -0.119. The maximum Gasteiger partial charge on any atom is 0.230 e. The third kappa shape index (κ3) is 4.77. The zero-order valence-electron chi connectivity index (χ0n) is 19.2. The molecule has 1 saturated carbocycles. The fourth-order valence-corrected chi connectivity index (χ4v) is 5.11. The predicted octanol–water partition coefficient (Wildman–Crippen LogP) is 4.72. The molecular formula is C26H28N6OS. The summed E-state index contributed by atoms with van der Waals surface area (Å²) >= 11 is 1.30. The van der Waals surface area contributed by atoms with Gasteiger partial charge in [0.15, 0.2) is 5.82 Å². The highest BCUT2D eigenvalue weighted by atomic mass is 32.2. The SMILES string of the molecule is Cc1ccc(-c2cc(-c3nnc(SCC(=O)NC4CCCCC4)n3N)c3ccccc3n2)cc1. The summed E-state index contributed by atoms with van der Waals surface area (Å²) in [5.74, 6) is 7.24. The number of nitrogens with two attached hydrogens (primary N) is 1. The number of para-hydroxylation sites is 1. The van der Waals surface area contributed by atoms with Crippen LogP contribution < -0.4 is 11.2 Å². The molecule has 3 N–H and O–H groups in total. The molecule has 34 heavy (non-hydrogen) atoms. The van der Waals surface area contributed by atoms with E-state index < -0.39 is 0 Å². The Balaban J connectivity index is 1.41. The highest BCUT2D eigenvalue weighted by Gasteiger charge is 2.19. The number of carbonyl (C=O) groups is 1. The summed E-state index contributed by atoms with van der Waals surface area (Å²) in [7, 11) is 0. The largest absolute Gasteiger partial charge is 0.353 e. The fourth-order valence-electron chi connectivity index (χ4n) is 4.44. The molecule has 0 unspecified atom stereocenters. The summed E-state index contributed by atoms with van der Waals surface area (Å²) in [5.41, 5.74) is 4.78. The minimum absolute atomic E-state index is 0.0115. The van der Waals surface area contributed by atoms with Crippen molar-refractivity contribution in [1.82, 2.24) is 25.2 Å². The van der Waals surface area contributed by atoms with Crippen LogP contribution in [0.3, 0.4) is 0 Å². The molecule has 2 heterocycles. The molecule has 5 rings (SSSR count). The van der Waals surface area contributed by atoms with Crippen LogP contribution in [0.15, 0.2) is 59.8 Å². The molecule has 1 amide bonds. The van der Waals surface area contributed by atoms with Crippen molar-refractivity contribution in [2.75, 3.05) is 11.6 Å². The predicted molar refractivity (Wildman–Crippen MR) is 137 cm³/mol. The molecule has 2 aromatic heterocycles. The van der Waals surface area contributed by atoms with E-state index in [4.69, 9.17) is 10.8 Å². The van der Waals surface area contributed by atoms with Crippen molar-refractivity contribution in [3.8, 4) is 22.6 Å². The number of nitrogen functional groups attached to an aromatic ring is 1. The second-order valence-corrected chi connectivity index (χ2v) is 9.75. The lowest BCUT2D eigenvalue weighted by Gasteiger charge is -2.22. The maximum absolute atomic E-state index is 12.4. The Kier molecular flexibility index (Phi) is 6.49. The van der Waals surface area contributed by atoms with Gasteiger partial charge in [0.25, 0.3) is 0 Å². The first-order valence-electron chi connectivity index (χ1n) is 11.7. The zero-order valence-corrected chi connectivity index (χ0v) is 20.0. The number of carbonyl (C=O) groups excluding carboxylic acids is 1. The first-order valence-corrected chi connectivity index (χ1v) is 12.7. The highest BCUT2D eigenvalue weighted by Crippen LogP contribution is 2.32. The van der Waals surface area contributed by atoms with Crippen LogP contribution in [-0.4, -0.2) is 37.6 Å². The van der Waals surface area contributed by atoms with Crippen LogP contribution in [0.5, 0.6) is 0 Å². The Hall–Kier alpha value is -3.39. The molecule has 0 spiro atoms. The van der Waals surface area contributed by atoms with Crippen molar-refractivity contribution in [3.63, 3.8) is 0 Å². The van der Waals surface area contributed by atoms with Gasteiger partial charge in [0.2, 0.25) is 11.1 Å². The van der Waals surface area contributed by atoms with Crippen molar-refractivity contribution in [2.24, 2.45) is 0 Å². The smallest absolute Gasteiger partial charge is 0.230 e. The number of pyridine rings is 1. The number of hydrogen-bond donors (Lipinski definition) is 2. The number of thioether (sulfide) groups is 1. The number of nitrogens with zero attached hydrogens (tertiary/aromatic N) is 4. The lowest BCUT2D eigenvalue weighted by atomic mass is 9.95. The van der Waals surface area contributed by atoms with E-state index in [9.17, 15) is 4.79 Å². The fraction of sp³-hybridized carbons (Fsp3) is 0.308. The molecule has 8 heteroatoms. The number of fused-ring (bicyclic) bond motifs is 1. The van der Waals surface area contributed by atoms with Gasteiger partial charge in [0, 0.05) is 22.6 Å². The summed E-state index contributed by atoms with van der Waals surface area (Å²) in [6, 6.07) is 18.5. The summed E-state index contributed by atoms with van der Waals surface area (Å²) < 4.78 is 1.47. The number of rotatable bonds is 6. The normalized spacial score (nSPS) is 14.4. The second kappa shape index (κ2) is 9.85. The average molecular weight is 473 g/mol. The number of hydrogen-bond acceptors (Lipinski definition) is 6. The van der Waals surface area contributed by atoms with Gasteiger partial charge in [-0.2, -0.15) is 0 Å². The monoisotopic (exact) mass is 472 g/mol. The first kappa shape index (κ1) is 22.4. The summed E-state index contributed by atoms with van der Waals surface area (Å²) in [6.07, 6.45) is 5.75. The van der Waals surface area contributed by atoms with Gasteiger partial charge in [-0.25, -0.2) is 9.66 Å². The standard InChI is InChI=1S/C26H28N6OS/c1-17-11-13-18(14-12-17)23-15-21(20-9-5-6-10-22(20)29-23)25-30-31-26(32(25)27)34-16-24(33)28-19-7-3-2-4-8-19/h5-6,9-15,19H,2-4,7-8,16,27H2,1H3,(H,28,33). The molecule has 1 aliphatic rings. The quantitative estimate of drug-likeness (QED) is 0.311. The van der Waals surface area contributed by atoms with Crippen LogP contribution in [0.1, 0.15) is 37.7 Å². The van der Waals surface area contributed by atoms with Gasteiger partial charge in [-0.15, -0.1) is 10.2 Å². The molecule has 174 valence electrons. The van der Waals surface area contributed by atoms with Gasteiger partial charge in [-0.1, -0.05) is 79.1 Å². The van der Waals surface area contributed by atoms with Crippen LogP contribution in [0, 0.1) is 6.92 Å². The van der Waals surface area contributed by atoms with Crippen molar-refractivity contribution < 1.29 is 4.79 Å². The van der Waals surface area contributed by atoms with E-state index >= 15 is 0 Å². The minimum atomic E-state index is 0.0115. The molecule has 0 saturated heterocycles. The Morgan fingerprint density at radius 2 is 1.85 bits per heavy atom. The molecule has 1 fully saturated rings. The Labute approximate surface area is 203 Å². The zero-order chi connectivity index (χ0) is 23.5. The molecule has 7 nitrogen and oxygen atoms in total. The minimum Gasteiger partial charge on any atom is -0.353 e. The number of aryl methyl sites for hydroxylation is 1. The molecule has 0 radical (unpaired) electrons. The Bertz CT molecular complexity index is 1310. The third-order valence-electron chi connectivity index (χ3n) is 6.27. The highest BCUT2D eigenvalue weighted by molar-refractivity contribution is 7.99. The Morgan fingerprint density at radius 3 is 2.65 bits per heavy atom. The molecule has 0 atom stereocenters. The Morgan fingerprint density at radius 1 is 1.09 bits per heavy atom. The van der Waals surface area contributed by atoms with Crippen LogP contribution in [0.4, 0.5) is 0 Å². The molecule has 0 bridgehead atoms. The van der Waals surface area contributed by atoms with E-state index in [-0.39, 0.29) is 17.7 Å². The summed E-state index contributed by atoms with van der Waals surface area (Å²) in [4.78, 5) is 17.3. The van der Waals surface area contributed by atoms with Crippen molar-refractivity contribution >= 4 is 28.6 Å². The van der Waals surface area contributed by atoms with E-state index in [0.717, 1.165) is 40.6 Å². The van der Waals surface area contributed by atoms with E-state index in [1.807, 2.05) is 30.3 Å². The van der Waals surface area contributed by atoms with E-state index in [0.29, 0.717) is 11.0 Å². The van der Waals surface area contributed by atoms with Crippen LogP contribution in [0.2, 0.25) is 0 Å². The van der Waals surface area contributed by atoms with Crippen LogP contribution in [0.25, 0.3) is 33.5 Å². The van der Waals surface area contributed by atoms with Gasteiger partial charge in [0.05, 0.1) is 17.0 Å². The van der Waals surface area contributed by atoms with Gasteiger partial charge in [0.1, 0.15) is 0 Å². The molecule has 2 aromatic carbocycles. The maximum atomic E-state index is 12.4. The first-order chi connectivity index (χ1) is 16.6.